The molecule has 0 unspecified atom stereocenters. The van der Waals surface area contributed by atoms with Gasteiger partial charge in [0.1, 0.15) is 0 Å². The Morgan fingerprint density at radius 2 is 0.920 bits per heavy atom. The van der Waals surface area contributed by atoms with Gasteiger partial charge in [-0.05, 0) is 42.3 Å². The van der Waals surface area contributed by atoms with Crippen LogP contribution in [0.3, 0.4) is 0 Å². The molecule has 0 heterocycles. The smallest absolute Gasteiger partial charge is 0.399 e. The molecule has 0 radical (unpaired) electrons. The topological polar surface area (TPSA) is 52.0 Å². The monoisotopic (exact) mass is 362 g/mol. The molecule has 0 aliphatic carbocycles. The van der Waals surface area contributed by atoms with E-state index in [0.717, 1.165) is 0 Å². The van der Waals surface area contributed by atoms with Gasteiger partial charge in [0.25, 0.3) is 0 Å². The molecule has 0 amide bonds. The van der Waals surface area contributed by atoms with Crippen LogP contribution in [0.2, 0.25) is 0 Å². The Balaban J connectivity index is 2.77. The molecule has 0 aliphatic rings. The van der Waals surface area contributed by atoms with Crippen molar-refractivity contribution in [1.29, 1.82) is 0 Å². The summed E-state index contributed by atoms with van der Waals surface area (Å²) in [5, 5.41) is 0. The summed E-state index contributed by atoms with van der Waals surface area (Å²) in [6, 6.07) is 9.77. The van der Waals surface area contributed by atoms with Crippen LogP contribution in [0, 0.1) is 5.41 Å². The van der Waals surface area contributed by atoms with Gasteiger partial charge in [0, 0.05) is 17.3 Å². The standard InChI is InChI=1S/C17H16F6N2/c1-15(16(18,19)20,17(21,22)23)14(10-2-6-12(24)7-3-10)11-4-8-13(25)9-5-11/h2-9,14H,24-25H2,1H3. The number of halogens is 6. The van der Waals surface area contributed by atoms with Crippen molar-refractivity contribution in [2.24, 2.45) is 5.41 Å². The van der Waals surface area contributed by atoms with Crippen LogP contribution in [0.1, 0.15) is 24.0 Å². The molecular weight excluding hydrogens is 346 g/mol. The lowest BCUT2D eigenvalue weighted by molar-refractivity contribution is -0.339. The van der Waals surface area contributed by atoms with Gasteiger partial charge in [-0.2, -0.15) is 26.3 Å². The first-order valence-electron chi connectivity index (χ1n) is 7.22. The molecule has 0 atom stereocenters. The molecule has 0 saturated carbocycles. The molecule has 2 nitrogen and oxygen atoms in total. The van der Waals surface area contributed by atoms with Gasteiger partial charge >= 0.3 is 12.4 Å². The van der Waals surface area contributed by atoms with Crippen LogP contribution in [0.25, 0.3) is 0 Å². The maximum absolute atomic E-state index is 13.6. The molecular formula is C17H16F6N2. The van der Waals surface area contributed by atoms with Gasteiger partial charge < -0.3 is 11.5 Å². The second-order valence-electron chi connectivity index (χ2n) is 5.96. The van der Waals surface area contributed by atoms with E-state index in [1.54, 1.807) is 0 Å². The number of anilines is 2. The van der Waals surface area contributed by atoms with E-state index in [2.05, 4.69) is 0 Å². The van der Waals surface area contributed by atoms with Crippen molar-refractivity contribution < 1.29 is 26.3 Å². The predicted molar refractivity (Wildman–Crippen MR) is 83.8 cm³/mol. The lowest BCUT2D eigenvalue weighted by Crippen LogP contribution is -2.52. The van der Waals surface area contributed by atoms with Gasteiger partial charge in [0.15, 0.2) is 5.41 Å². The Labute approximate surface area is 140 Å². The maximum Gasteiger partial charge on any atom is 0.403 e. The average Bonchev–Trinajstić information content (AvgIpc) is 2.49. The van der Waals surface area contributed by atoms with Crippen LogP contribution in [0.5, 0.6) is 0 Å². The van der Waals surface area contributed by atoms with E-state index in [1.807, 2.05) is 0 Å². The third-order valence-electron chi connectivity index (χ3n) is 4.29. The molecule has 2 aromatic rings. The zero-order valence-electron chi connectivity index (χ0n) is 13.1. The van der Waals surface area contributed by atoms with Crippen LogP contribution >= 0.6 is 0 Å². The van der Waals surface area contributed by atoms with Crippen LogP contribution in [-0.4, -0.2) is 12.4 Å². The van der Waals surface area contributed by atoms with Crippen molar-refractivity contribution in [2.75, 3.05) is 11.5 Å². The molecule has 0 spiro atoms. The van der Waals surface area contributed by atoms with E-state index in [-0.39, 0.29) is 29.4 Å². The third kappa shape index (κ3) is 3.38. The van der Waals surface area contributed by atoms with E-state index in [4.69, 9.17) is 11.5 Å². The SMILES string of the molecule is CC(C(c1ccc(N)cc1)c1ccc(N)cc1)(C(F)(F)F)C(F)(F)F. The van der Waals surface area contributed by atoms with Crippen molar-refractivity contribution in [3.05, 3.63) is 59.7 Å². The summed E-state index contributed by atoms with van der Waals surface area (Å²) in [5.41, 5.74) is 7.20. The van der Waals surface area contributed by atoms with E-state index in [1.165, 1.54) is 48.5 Å². The Kier molecular flexibility index (Phi) is 4.67. The average molecular weight is 362 g/mol. The fraction of sp³-hybridized carbons (Fsp3) is 0.294. The zero-order chi connectivity index (χ0) is 19.0. The Bertz CT molecular complexity index is 657. The summed E-state index contributed by atoms with van der Waals surface area (Å²) in [7, 11) is 0. The minimum atomic E-state index is -5.53. The Morgan fingerprint density at radius 3 is 1.16 bits per heavy atom. The summed E-state index contributed by atoms with van der Waals surface area (Å²) in [6.45, 7) is 0.171. The molecule has 0 aliphatic heterocycles. The lowest BCUT2D eigenvalue weighted by atomic mass is 9.68. The molecule has 2 aromatic carbocycles. The minimum Gasteiger partial charge on any atom is -0.399 e. The van der Waals surface area contributed by atoms with Crippen molar-refractivity contribution in [3.63, 3.8) is 0 Å². The molecule has 136 valence electrons. The molecule has 8 heteroatoms. The summed E-state index contributed by atoms with van der Waals surface area (Å²) in [4.78, 5) is 0. The highest BCUT2D eigenvalue weighted by Crippen LogP contribution is 2.59. The first-order valence-corrected chi connectivity index (χ1v) is 7.22. The number of hydrogen-bond acceptors (Lipinski definition) is 2. The quantitative estimate of drug-likeness (QED) is 0.589. The summed E-state index contributed by atoms with van der Waals surface area (Å²) in [6.07, 6.45) is -11.1. The van der Waals surface area contributed by atoms with Gasteiger partial charge in [-0.3, -0.25) is 0 Å². The highest BCUT2D eigenvalue weighted by Gasteiger charge is 2.71. The fourth-order valence-electron chi connectivity index (χ4n) is 2.72. The molecule has 25 heavy (non-hydrogen) atoms. The highest BCUT2D eigenvalue weighted by atomic mass is 19.4. The van der Waals surface area contributed by atoms with Gasteiger partial charge in [0.05, 0.1) is 0 Å². The van der Waals surface area contributed by atoms with E-state index in [0.29, 0.717) is 0 Å². The van der Waals surface area contributed by atoms with Crippen molar-refractivity contribution >= 4 is 11.4 Å². The fourth-order valence-corrected chi connectivity index (χ4v) is 2.72. The van der Waals surface area contributed by atoms with Crippen LogP contribution in [0.4, 0.5) is 37.7 Å². The molecule has 0 bridgehead atoms. The first-order chi connectivity index (χ1) is 11.4. The van der Waals surface area contributed by atoms with Crippen molar-refractivity contribution in [2.45, 2.75) is 25.2 Å². The van der Waals surface area contributed by atoms with E-state index < -0.39 is 23.7 Å². The zero-order valence-corrected chi connectivity index (χ0v) is 13.1. The second-order valence-corrected chi connectivity index (χ2v) is 5.96. The number of benzene rings is 2. The number of hydrogen-bond donors (Lipinski definition) is 2. The second kappa shape index (κ2) is 6.16. The molecule has 2 rings (SSSR count). The predicted octanol–water partition coefficient (Wildman–Crippen LogP) is 5.11. The number of nitrogens with two attached hydrogens (primary N) is 2. The Hall–Kier alpha value is -2.38. The van der Waals surface area contributed by atoms with Crippen LogP contribution in [-0.2, 0) is 0 Å². The largest absolute Gasteiger partial charge is 0.403 e. The third-order valence-corrected chi connectivity index (χ3v) is 4.29. The van der Waals surface area contributed by atoms with Gasteiger partial charge in [-0.15, -0.1) is 0 Å². The molecule has 4 N–H and O–H groups in total. The van der Waals surface area contributed by atoms with Crippen LogP contribution < -0.4 is 11.5 Å². The maximum atomic E-state index is 13.6. The molecule has 0 aromatic heterocycles. The van der Waals surface area contributed by atoms with Gasteiger partial charge in [-0.1, -0.05) is 24.3 Å². The summed E-state index contributed by atoms with van der Waals surface area (Å²) < 4.78 is 81.7. The molecule has 0 saturated heterocycles. The minimum absolute atomic E-state index is 0.142. The highest BCUT2D eigenvalue weighted by molar-refractivity contribution is 5.47. The summed E-state index contributed by atoms with van der Waals surface area (Å²) >= 11 is 0. The van der Waals surface area contributed by atoms with Gasteiger partial charge in [0.2, 0.25) is 0 Å². The number of nitrogen functional groups attached to an aromatic ring is 2. The normalized spacial score (nSPS) is 13.3. The van der Waals surface area contributed by atoms with Crippen LogP contribution in [0.15, 0.2) is 48.5 Å². The van der Waals surface area contributed by atoms with Crippen molar-refractivity contribution in [3.8, 4) is 0 Å². The van der Waals surface area contributed by atoms with Crippen molar-refractivity contribution in [1.82, 2.24) is 0 Å². The van der Waals surface area contributed by atoms with E-state index in [9.17, 15) is 26.3 Å². The lowest BCUT2D eigenvalue weighted by Gasteiger charge is -2.41. The van der Waals surface area contributed by atoms with Gasteiger partial charge in [-0.25, -0.2) is 0 Å². The molecule has 0 fully saturated rings. The number of alkyl halides is 6. The number of rotatable bonds is 3. The summed E-state index contributed by atoms with van der Waals surface area (Å²) in [5.74, 6) is -2.01. The Morgan fingerprint density at radius 1 is 0.640 bits per heavy atom. The van der Waals surface area contributed by atoms with E-state index >= 15 is 0 Å². The first kappa shape index (κ1) is 19.0.